The van der Waals surface area contributed by atoms with Crippen molar-refractivity contribution in [3.05, 3.63) is 34.9 Å². The number of rotatable bonds is 4. The van der Waals surface area contributed by atoms with E-state index in [0.29, 0.717) is 0 Å². The number of aliphatic carboxylic acids is 1. The lowest BCUT2D eigenvalue weighted by molar-refractivity contribution is -0.137. The summed E-state index contributed by atoms with van der Waals surface area (Å²) in [5.74, 6) is -0.700. The van der Waals surface area contributed by atoms with Gasteiger partial charge in [0.1, 0.15) is 0 Å². The Morgan fingerprint density at radius 1 is 1.15 bits per heavy atom. The van der Waals surface area contributed by atoms with Crippen molar-refractivity contribution in [2.75, 3.05) is 0 Å². The summed E-state index contributed by atoms with van der Waals surface area (Å²) in [6.45, 7) is 9.29. The first-order valence-electron chi connectivity index (χ1n) is 7.59. The molecule has 1 N–H and O–H groups in total. The summed E-state index contributed by atoms with van der Waals surface area (Å²) >= 11 is 0. The summed E-state index contributed by atoms with van der Waals surface area (Å²) in [7, 11) is 0. The van der Waals surface area contributed by atoms with Crippen molar-refractivity contribution in [2.24, 2.45) is 0 Å². The molecular formula is C18H26O2. The van der Waals surface area contributed by atoms with Gasteiger partial charge in [0.25, 0.3) is 0 Å². The SMILES string of the molecule is CC1(C)CCC(C)(C)c2c(CCCC(=O)O)cccc21. The Morgan fingerprint density at radius 3 is 2.45 bits per heavy atom. The third-order valence-electron chi connectivity index (χ3n) is 4.77. The molecule has 20 heavy (non-hydrogen) atoms. The molecule has 2 nitrogen and oxygen atoms in total. The minimum atomic E-state index is -0.700. The second-order valence-electron chi connectivity index (χ2n) is 7.35. The Kier molecular flexibility index (Phi) is 3.95. The van der Waals surface area contributed by atoms with Crippen molar-refractivity contribution < 1.29 is 9.90 Å². The molecule has 0 unspecified atom stereocenters. The maximum atomic E-state index is 10.7. The zero-order chi connectivity index (χ0) is 15.0. The van der Waals surface area contributed by atoms with Crippen LogP contribution in [-0.4, -0.2) is 11.1 Å². The van der Waals surface area contributed by atoms with Crippen LogP contribution in [0, 0.1) is 0 Å². The molecule has 0 aromatic heterocycles. The number of carboxylic acid groups (broad SMARTS) is 1. The number of aryl methyl sites for hydroxylation is 1. The van der Waals surface area contributed by atoms with E-state index >= 15 is 0 Å². The molecule has 1 aliphatic rings. The van der Waals surface area contributed by atoms with Crippen LogP contribution in [0.15, 0.2) is 18.2 Å². The van der Waals surface area contributed by atoms with Crippen molar-refractivity contribution in [3.63, 3.8) is 0 Å². The maximum absolute atomic E-state index is 10.7. The Bertz CT molecular complexity index is 512. The predicted molar refractivity (Wildman–Crippen MR) is 82.3 cm³/mol. The van der Waals surface area contributed by atoms with Crippen LogP contribution in [0.5, 0.6) is 0 Å². The molecule has 0 spiro atoms. The van der Waals surface area contributed by atoms with Crippen molar-refractivity contribution in [1.29, 1.82) is 0 Å². The lowest BCUT2D eigenvalue weighted by Crippen LogP contribution is -2.35. The van der Waals surface area contributed by atoms with Crippen LogP contribution < -0.4 is 0 Å². The van der Waals surface area contributed by atoms with Gasteiger partial charge in [0, 0.05) is 6.42 Å². The Labute approximate surface area is 122 Å². The monoisotopic (exact) mass is 274 g/mol. The van der Waals surface area contributed by atoms with Gasteiger partial charge in [-0.05, 0) is 53.2 Å². The summed E-state index contributed by atoms with van der Waals surface area (Å²) in [5.41, 5.74) is 4.71. The van der Waals surface area contributed by atoms with E-state index in [1.54, 1.807) is 0 Å². The first-order valence-corrected chi connectivity index (χ1v) is 7.59. The van der Waals surface area contributed by atoms with Crippen LogP contribution in [0.1, 0.15) is 70.1 Å². The Balaban J connectivity index is 2.37. The quantitative estimate of drug-likeness (QED) is 0.881. The molecule has 0 saturated carbocycles. The number of fused-ring (bicyclic) bond motifs is 1. The average Bonchev–Trinajstić information content (AvgIpc) is 2.35. The van der Waals surface area contributed by atoms with E-state index < -0.39 is 5.97 Å². The van der Waals surface area contributed by atoms with Gasteiger partial charge >= 0.3 is 5.97 Å². The van der Waals surface area contributed by atoms with Crippen LogP contribution in [0.3, 0.4) is 0 Å². The van der Waals surface area contributed by atoms with E-state index in [2.05, 4.69) is 45.9 Å². The topological polar surface area (TPSA) is 37.3 Å². The minimum Gasteiger partial charge on any atom is -0.481 e. The van der Waals surface area contributed by atoms with Crippen molar-refractivity contribution in [2.45, 2.75) is 70.6 Å². The summed E-state index contributed by atoms with van der Waals surface area (Å²) in [6, 6.07) is 6.58. The second-order valence-corrected chi connectivity index (χ2v) is 7.35. The zero-order valence-electron chi connectivity index (χ0n) is 13.1. The van der Waals surface area contributed by atoms with Gasteiger partial charge in [-0.1, -0.05) is 45.9 Å². The normalized spacial score (nSPS) is 19.4. The predicted octanol–water partition coefficient (Wildman–Crippen LogP) is 4.44. The highest BCUT2D eigenvalue weighted by molar-refractivity contribution is 5.66. The average molecular weight is 274 g/mol. The second kappa shape index (κ2) is 5.23. The summed E-state index contributed by atoms with van der Waals surface area (Å²) in [5, 5.41) is 8.82. The molecule has 0 heterocycles. The fourth-order valence-electron chi connectivity index (χ4n) is 3.49. The zero-order valence-corrected chi connectivity index (χ0v) is 13.1. The molecule has 110 valence electrons. The fraction of sp³-hybridized carbons (Fsp3) is 0.611. The highest BCUT2D eigenvalue weighted by Crippen LogP contribution is 2.47. The summed E-state index contributed by atoms with van der Waals surface area (Å²) < 4.78 is 0. The molecule has 0 saturated heterocycles. The molecule has 0 amide bonds. The number of carboxylic acids is 1. The molecule has 2 rings (SSSR count). The Morgan fingerprint density at radius 2 is 1.80 bits per heavy atom. The first-order chi connectivity index (χ1) is 9.24. The molecular weight excluding hydrogens is 248 g/mol. The van der Waals surface area contributed by atoms with Crippen LogP contribution in [0.4, 0.5) is 0 Å². The van der Waals surface area contributed by atoms with Crippen LogP contribution in [0.2, 0.25) is 0 Å². The largest absolute Gasteiger partial charge is 0.481 e. The lowest BCUT2D eigenvalue weighted by Gasteiger charge is -2.43. The van der Waals surface area contributed by atoms with Gasteiger partial charge in [-0.2, -0.15) is 0 Å². The molecule has 0 atom stereocenters. The highest BCUT2D eigenvalue weighted by atomic mass is 16.4. The van der Waals surface area contributed by atoms with Gasteiger partial charge in [-0.3, -0.25) is 4.79 Å². The third-order valence-corrected chi connectivity index (χ3v) is 4.77. The van der Waals surface area contributed by atoms with Gasteiger partial charge in [-0.15, -0.1) is 0 Å². The molecule has 0 bridgehead atoms. The third kappa shape index (κ3) is 2.89. The van der Waals surface area contributed by atoms with Gasteiger partial charge < -0.3 is 5.11 Å². The Hall–Kier alpha value is -1.31. The molecule has 0 fully saturated rings. The summed E-state index contributed by atoms with van der Waals surface area (Å²) in [4.78, 5) is 10.7. The van der Waals surface area contributed by atoms with Gasteiger partial charge in [0.15, 0.2) is 0 Å². The smallest absolute Gasteiger partial charge is 0.303 e. The van der Waals surface area contributed by atoms with Crippen LogP contribution >= 0.6 is 0 Å². The summed E-state index contributed by atoms with van der Waals surface area (Å²) in [6.07, 6.45) is 4.26. The molecule has 1 aromatic carbocycles. The fourth-order valence-corrected chi connectivity index (χ4v) is 3.49. The molecule has 0 radical (unpaired) electrons. The van der Waals surface area contributed by atoms with Gasteiger partial charge in [0.2, 0.25) is 0 Å². The standard InChI is InChI=1S/C18H26O2/c1-17(2)11-12-18(3,4)16-13(7-5-9-14(16)17)8-6-10-15(19)20/h5,7,9H,6,8,10-12H2,1-4H3,(H,19,20). The van der Waals surface area contributed by atoms with Crippen LogP contribution in [0.25, 0.3) is 0 Å². The van der Waals surface area contributed by atoms with E-state index in [1.807, 2.05) is 0 Å². The molecule has 1 aromatic rings. The lowest BCUT2D eigenvalue weighted by atomic mass is 9.62. The molecule has 0 aliphatic heterocycles. The van der Waals surface area contributed by atoms with E-state index in [9.17, 15) is 4.79 Å². The number of benzene rings is 1. The van der Waals surface area contributed by atoms with E-state index in [1.165, 1.54) is 29.5 Å². The number of hydrogen-bond donors (Lipinski definition) is 1. The van der Waals surface area contributed by atoms with E-state index in [4.69, 9.17) is 5.11 Å². The van der Waals surface area contributed by atoms with E-state index in [-0.39, 0.29) is 17.3 Å². The highest BCUT2D eigenvalue weighted by Gasteiger charge is 2.38. The first kappa shape index (κ1) is 15.1. The number of carbonyl (C=O) groups is 1. The molecule has 2 heteroatoms. The number of hydrogen-bond acceptors (Lipinski definition) is 1. The van der Waals surface area contributed by atoms with Crippen LogP contribution in [-0.2, 0) is 22.0 Å². The van der Waals surface area contributed by atoms with Gasteiger partial charge in [-0.25, -0.2) is 0 Å². The van der Waals surface area contributed by atoms with Gasteiger partial charge in [0.05, 0.1) is 0 Å². The van der Waals surface area contributed by atoms with Crippen molar-refractivity contribution >= 4 is 5.97 Å². The van der Waals surface area contributed by atoms with Crippen molar-refractivity contribution in [1.82, 2.24) is 0 Å². The van der Waals surface area contributed by atoms with Crippen molar-refractivity contribution in [3.8, 4) is 0 Å². The minimum absolute atomic E-state index is 0.199. The molecule has 1 aliphatic carbocycles. The maximum Gasteiger partial charge on any atom is 0.303 e. The van der Waals surface area contributed by atoms with E-state index in [0.717, 1.165) is 12.8 Å².